The van der Waals surface area contributed by atoms with Crippen LogP contribution in [0.15, 0.2) is 11.6 Å². The Balaban J connectivity index is 1.67. The molecule has 1 N–H and O–H groups in total. The number of carbonyl (C=O) groups is 1. The van der Waals surface area contributed by atoms with Gasteiger partial charge in [0.15, 0.2) is 5.78 Å². The fourth-order valence-electron chi connectivity index (χ4n) is 7.19. The lowest BCUT2D eigenvalue weighted by Crippen LogP contribution is -2.53. The summed E-state index contributed by atoms with van der Waals surface area (Å²) in [6, 6.07) is 0. The largest absolute Gasteiger partial charge is 0.389 e. The molecule has 4 aliphatic rings. The third-order valence-electron chi connectivity index (χ3n) is 8.57. The molecule has 0 aromatic rings. The number of rotatable bonds is 1. The van der Waals surface area contributed by atoms with Crippen molar-refractivity contribution in [2.24, 2.45) is 35.0 Å². The first kappa shape index (κ1) is 15.9. The standard InChI is InChI=1S/C21H32O2/c1-4-21(23)10-8-19-18-11-13(2)17-12-14(22)5-6-15(17)16(18)7-9-20(19,21)3/h12-13,15-16,18-19,23H,4-11H2,1-3H3/t13-,15+,16+,18+,19-,20-,21-/m0/s1. The molecule has 23 heavy (non-hydrogen) atoms. The van der Waals surface area contributed by atoms with E-state index in [4.69, 9.17) is 0 Å². The van der Waals surface area contributed by atoms with Crippen molar-refractivity contribution < 1.29 is 9.90 Å². The van der Waals surface area contributed by atoms with Crippen molar-refractivity contribution in [1.82, 2.24) is 0 Å². The summed E-state index contributed by atoms with van der Waals surface area (Å²) in [5.41, 5.74) is 1.15. The van der Waals surface area contributed by atoms with Gasteiger partial charge in [0.05, 0.1) is 5.60 Å². The van der Waals surface area contributed by atoms with Gasteiger partial charge < -0.3 is 5.11 Å². The summed E-state index contributed by atoms with van der Waals surface area (Å²) >= 11 is 0. The van der Waals surface area contributed by atoms with Crippen LogP contribution in [0.3, 0.4) is 0 Å². The number of ketones is 1. The van der Waals surface area contributed by atoms with E-state index in [9.17, 15) is 9.90 Å². The monoisotopic (exact) mass is 316 g/mol. The van der Waals surface area contributed by atoms with E-state index >= 15 is 0 Å². The van der Waals surface area contributed by atoms with Gasteiger partial charge in [0.2, 0.25) is 0 Å². The predicted octanol–water partition coefficient (Wildman–Crippen LogP) is 4.52. The zero-order valence-electron chi connectivity index (χ0n) is 15.0. The number of allylic oxidation sites excluding steroid dienone is 1. The molecule has 0 aromatic carbocycles. The quantitative estimate of drug-likeness (QED) is 0.772. The Bertz CT molecular complexity index is 550. The van der Waals surface area contributed by atoms with Gasteiger partial charge in [-0.2, -0.15) is 0 Å². The topological polar surface area (TPSA) is 37.3 Å². The summed E-state index contributed by atoms with van der Waals surface area (Å²) in [5, 5.41) is 11.2. The molecule has 2 nitrogen and oxygen atoms in total. The number of aliphatic hydroxyl groups is 1. The molecule has 3 fully saturated rings. The zero-order chi connectivity index (χ0) is 16.4. The van der Waals surface area contributed by atoms with Gasteiger partial charge in [0.1, 0.15) is 0 Å². The Hall–Kier alpha value is -0.630. The molecule has 2 heteroatoms. The molecule has 0 saturated heterocycles. The van der Waals surface area contributed by atoms with Crippen LogP contribution < -0.4 is 0 Å². The van der Waals surface area contributed by atoms with Crippen molar-refractivity contribution in [3.05, 3.63) is 11.6 Å². The second-order valence-electron chi connectivity index (χ2n) is 9.21. The van der Waals surface area contributed by atoms with E-state index in [1.807, 2.05) is 6.08 Å². The first-order chi connectivity index (χ1) is 10.9. The smallest absolute Gasteiger partial charge is 0.155 e. The van der Waals surface area contributed by atoms with Gasteiger partial charge in [0, 0.05) is 6.42 Å². The minimum Gasteiger partial charge on any atom is -0.389 e. The molecular weight excluding hydrogens is 284 g/mol. The summed E-state index contributed by atoms with van der Waals surface area (Å²) in [7, 11) is 0. The lowest BCUT2D eigenvalue weighted by Gasteiger charge is -2.56. The summed E-state index contributed by atoms with van der Waals surface area (Å²) in [6.07, 6.45) is 10.6. The molecule has 4 aliphatic carbocycles. The van der Waals surface area contributed by atoms with Crippen LogP contribution >= 0.6 is 0 Å². The molecule has 0 amide bonds. The van der Waals surface area contributed by atoms with Crippen LogP contribution in [0.2, 0.25) is 0 Å². The molecule has 0 unspecified atom stereocenters. The number of hydrogen-bond acceptors (Lipinski definition) is 2. The first-order valence-electron chi connectivity index (χ1n) is 9.86. The summed E-state index contributed by atoms with van der Waals surface area (Å²) < 4.78 is 0. The maximum Gasteiger partial charge on any atom is 0.155 e. The van der Waals surface area contributed by atoms with E-state index in [0.717, 1.165) is 37.5 Å². The highest BCUT2D eigenvalue weighted by Gasteiger charge is 2.61. The Labute approximate surface area is 140 Å². The molecule has 0 aliphatic heterocycles. The van der Waals surface area contributed by atoms with Crippen molar-refractivity contribution in [3.63, 3.8) is 0 Å². The maximum atomic E-state index is 11.9. The van der Waals surface area contributed by atoms with Crippen LogP contribution in [0.25, 0.3) is 0 Å². The number of hydrogen-bond donors (Lipinski definition) is 1. The average molecular weight is 316 g/mol. The molecule has 0 heterocycles. The summed E-state index contributed by atoms with van der Waals surface area (Å²) in [4.78, 5) is 11.9. The highest BCUT2D eigenvalue weighted by Crippen LogP contribution is 2.66. The molecule has 0 radical (unpaired) electrons. The zero-order valence-corrected chi connectivity index (χ0v) is 15.0. The molecular formula is C21H32O2. The molecule has 7 atom stereocenters. The Morgan fingerprint density at radius 1 is 1.22 bits per heavy atom. The van der Waals surface area contributed by atoms with Gasteiger partial charge in [-0.1, -0.05) is 26.3 Å². The van der Waals surface area contributed by atoms with Crippen LogP contribution in [0, 0.1) is 35.0 Å². The number of fused-ring (bicyclic) bond motifs is 5. The van der Waals surface area contributed by atoms with Gasteiger partial charge in [-0.3, -0.25) is 4.79 Å². The minimum atomic E-state index is -0.440. The third-order valence-corrected chi connectivity index (χ3v) is 8.57. The van der Waals surface area contributed by atoms with Crippen LogP contribution in [0.1, 0.15) is 72.1 Å². The van der Waals surface area contributed by atoms with Crippen molar-refractivity contribution >= 4 is 5.78 Å². The minimum absolute atomic E-state index is 0.119. The number of carbonyl (C=O) groups excluding carboxylic acids is 1. The van der Waals surface area contributed by atoms with E-state index in [-0.39, 0.29) is 5.41 Å². The Kier molecular flexibility index (Phi) is 3.58. The highest BCUT2D eigenvalue weighted by atomic mass is 16.3. The Morgan fingerprint density at radius 2 is 2.00 bits per heavy atom. The van der Waals surface area contributed by atoms with E-state index in [0.29, 0.717) is 23.5 Å². The second kappa shape index (κ2) is 5.18. The van der Waals surface area contributed by atoms with Crippen LogP contribution in [0.5, 0.6) is 0 Å². The highest BCUT2D eigenvalue weighted by molar-refractivity contribution is 5.91. The Morgan fingerprint density at radius 3 is 2.74 bits per heavy atom. The van der Waals surface area contributed by atoms with E-state index < -0.39 is 5.60 Å². The van der Waals surface area contributed by atoms with Gasteiger partial charge in [-0.25, -0.2) is 0 Å². The van der Waals surface area contributed by atoms with Gasteiger partial charge in [-0.15, -0.1) is 0 Å². The lowest BCUT2D eigenvalue weighted by atomic mass is 9.49. The van der Waals surface area contributed by atoms with Crippen molar-refractivity contribution in [3.8, 4) is 0 Å². The van der Waals surface area contributed by atoms with Crippen LogP contribution in [-0.4, -0.2) is 16.5 Å². The lowest BCUT2D eigenvalue weighted by molar-refractivity contribution is -0.124. The van der Waals surface area contributed by atoms with Gasteiger partial charge in [0.25, 0.3) is 0 Å². The third kappa shape index (κ3) is 2.06. The van der Waals surface area contributed by atoms with E-state index in [1.54, 1.807) is 0 Å². The van der Waals surface area contributed by atoms with Gasteiger partial charge >= 0.3 is 0 Å². The van der Waals surface area contributed by atoms with E-state index in [1.165, 1.54) is 31.3 Å². The van der Waals surface area contributed by atoms with Crippen LogP contribution in [0.4, 0.5) is 0 Å². The summed E-state index contributed by atoms with van der Waals surface area (Å²) in [6.45, 7) is 6.88. The van der Waals surface area contributed by atoms with Crippen LogP contribution in [-0.2, 0) is 4.79 Å². The molecule has 0 spiro atoms. The van der Waals surface area contributed by atoms with Crippen molar-refractivity contribution in [2.75, 3.05) is 0 Å². The molecule has 4 rings (SSSR count). The van der Waals surface area contributed by atoms with Crippen molar-refractivity contribution in [1.29, 1.82) is 0 Å². The summed E-state index contributed by atoms with van der Waals surface area (Å²) in [5.74, 6) is 3.78. The molecule has 128 valence electrons. The molecule has 0 aromatic heterocycles. The average Bonchev–Trinajstić information content (AvgIpc) is 2.80. The second-order valence-corrected chi connectivity index (χ2v) is 9.21. The molecule has 0 bridgehead atoms. The molecule has 3 saturated carbocycles. The van der Waals surface area contributed by atoms with Gasteiger partial charge in [-0.05, 0) is 86.0 Å². The normalized spacial score (nSPS) is 52.4. The fraction of sp³-hybridized carbons (Fsp3) is 0.857. The van der Waals surface area contributed by atoms with Crippen molar-refractivity contribution in [2.45, 2.75) is 77.7 Å². The maximum absolute atomic E-state index is 11.9. The van der Waals surface area contributed by atoms with E-state index in [2.05, 4.69) is 20.8 Å². The first-order valence-corrected chi connectivity index (χ1v) is 9.86. The SMILES string of the molecule is CC[C@]1(O)CC[C@H]2[C@@H]3C[C@H](C)C4=CC(=O)CC[C@@H]4[C@H]3CC[C@@]21C. The fourth-order valence-corrected chi connectivity index (χ4v) is 7.19. The predicted molar refractivity (Wildman–Crippen MR) is 91.9 cm³/mol.